The molecule has 0 aromatic heterocycles. The molecule has 12 atom stereocenters. The Morgan fingerprint density at radius 1 is 0.310 bits per heavy atom. The first-order valence-corrected chi connectivity index (χ1v) is 52.9. The van der Waals surface area contributed by atoms with Gasteiger partial charge in [-0.15, -0.1) is 0 Å². The first-order valence-electron chi connectivity index (χ1n) is 52.9. The average Bonchev–Trinajstić information content (AvgIpc) is 1.72. The van der Waals surface area contributed by atoms with Crippen LogP contribution in [-0.4, -0.2) is 225 Å². The smallest absolute Gasteiger partial charge is 0.334 e. The number of carbonyl (C=O) groups excluding carboxylic acids is 5. The van der Waals surface area contributed by atoms with Crippen LogP contribution in [0.1, 0.15) is 479 Å². The first-order chi connectivity index (χ1) is 62.7. The fourth-order valence-electron chi connectivity index (χ4n) is 15.1. The quantitative estimate of drug-likeness (QED) is 0.0117. The number of hydrogen-bond acceptors (Lipinski definition) is 24. The number of esters is 5. The Morgan fingerprint density at radius 3 is 0.822 bits per heavy atom. The zero-order valence-electron chi connectivity index (χ0n) is 83.4. The lowest BCUT2D eigenvalue weighted by Gasteiger charge is -2.24. The summed E-state index contributed by atoms with van der Waals surface area (Å²) in [6.07, 6.45) is 75.5. The number of rotatable bonds is 86. The van der Waals surface area contributed by atoms with E-state index in [0.29, 0.717) is 32.3 Å². The van der Waals surface area contributed by atoms with Gasteiger partial charge >= 0.3 is 29.8 Å². The molecular weight excluding hydrogens is 1650 g/mol. The zero-order valence-corrected chi connectivity index (χ0v) is 83.4. The number of ether oxygens (including phenoxy) is 8. The molecule has 2 fully saturated rings. The van der Waals surface area contributed by atoms with Crippen molar-refractivity contribution in [2.75, 3.05) is 66.1 Å². The van der Waals surface area contributed by atoms with E-state index in [1.807, 2.05) is 0 Å². The number of aliphatic hydroxyl groups excluding tert-OH is 11. The van der Waals surface area contributed by atoms with Crippen LogP contribution in [0.15, 0.2) is 24.3 Å². The standard InChI is InChI=1S/C36H68O7.C24H44O6.C18H34O6.C15H30O3.C12H26O2/c1-3-5-7-9-11-13-14-15-16-17-18-20-22-24-26-28-36(40)43-32-34(41-30-33(38)29-37)31-42-35(39)27-25-23-21-19-12-10-8-6-4-2;1-2-3-4-5-6-7-8-9-10-11-12-13-14-15-16-17-22(27)30-21(18-25)24-23(28)20(26)19-29-24;1-2-3-4-5-6-7-8-9-10-11-16(21)24-15(12-19)18-17(22)14(20)13-23-18;1-3-4-5-6-7-8-9-10-11-12-13-18-15(17)14(2)16;1-2-3-4-5-6-7-8-9-10-12(14)11-13/h15-16,33-34,37-38H,3-14,17-32H2,1-2H3;9-10,20-21,23-26,28H,2-8,11-19H2,1H3;14-15,17-20,22H,2-13H2,1H3;14,16H,3-13H2,1-2H3;12-14H,2-11H2,1H3/b16-15-;10-9-;;;/t;20-,21+,23+,24+;14-,15+,17+,18+;;/m.00../s1. The molecule has 0 aromatic carbocycles. The van der Waals surface area contributed by atoms with Crippen LogP contribution < -0.4 is 0 Å². The molecule has 766 valence electrons. The van der Waals surface area contributed by atoms with Crippen molar-refractivity contribution in [1.82, 2.24) is 0 Å². The molecule has 11 N–H and O–H groups in total. The van der Waals surface area contributed by atoms with Crippen molar-refractivity contribution in [2.45, 2.75) is 552 Å². The normalized spacial score (nSPS) is 17.3. The first kappa shape index (κ1) is 129. The van der Waals surface area contributed by atoms with Gasteiger partial charge in [-0.25, -0.2) is 4.79 Å². The molecule has 0 bridgehead atoms. The van der Waals surface area contributed by atoms with Crippen molar-refractivity contribution in [2.24, 2.45) is 0 Å². The molecule has 2 aliphatic rings. The monoisotopic (exact) mass is 1850 g/mol. The van der Waals surface area contributed by atoms with Gasteiger partial charge in [0.25, 0.3) is 0 Å². The second kappa shape index (κ2) is 102. The van der Waals surface area contributed by atoms with Gasteiger partial charge in [0.1, 0.15) is 68.1 Å². The number of allylic oxidation sites excluding steroid dienone is 4. The summed E-state index contributed by atoms with van der Waals surface area (Å²) >= 11 is 0. The Morgan fingerprint density at radius 2 is 0.566 bits per heavy atom. The molecule has 24 heteroatoms. The van der Waals surface area contributed by atoms with Crippen LogP contribution in [-0.2, 0) is 61.9 Å². The predicted octanol–water partition coefficient (Wildman–Crippen LogP) is 21.5. The van der Waals surface area contributed by atoms with Gasteiger partial charge in [-0.05, 0) is 96.8 Å². The van der Waals surface area contributed by atoms with Crippen molar-refractivity contribution in [3.63, 3.8) is 0 Å². The summed E-state index contributed by atoms with van der Waals surface area (Å²) in [5.74, 6) is -1.89. The van der Waals surface area contributed by atoms with Crippen molar-refractivity contribution in [3.8, 4) is 0 Å². The summed E-state index contributed by atoms with van der Waals surface area (Å²) in [6, 6.07) is 0. The minimum absolute atomic E-state index is 0.0157. The maximum atomic E-state index is 12.2. The minimum Gasteiger partial charge on any atom is -0.464 e. The van der Waals surface area contributed by atoms with Gasteiger partial charge in [0.05, 0.1) is 59.0 Å². The van der Waals surface area contributed by atoms with Crippen LogP contribution in [0.4, 0.5) is 0 Å². The lowest BCUT2D eigenvalue weighted by Crippen LogP contribution is -2.43. The van der Waals surface area contributed by atoms with Gasteiger partial charge in [0.15, 0.2) is 12.2 Å². The summed E-state index contributed by atoms with van der Waals surface area (Å²) in [6.45, 7) is 13.6. The second-order valence-corrected chi connectivity index (χ2v) is 36.2. The van der Waals surface area contributed by atoms with Crippen LogP contribution in [0.25, 0.3) is 0 Å². The summed E-state index contributed by atoms with van der Waals surface area (Å²) in [7, 11) is 0. The molecule has 2 heterocycles. The van der Waals surface area contributed by atoms with E-state index in [-0.39, 0.29) is 51.6 Å². The van der Waals surface area contributed by atoms with E-state index in [4.69, 9.17) is 58.3 Å². The summed E-state index contributed by atoms with van der Waals surface area (Å²) < 4.78 is 42.0. The maximum Gasteiger partial charge on any atom is 0.334 e. The maximum absolute atomic E-state index is 12.2. The summed E-state index contributed by atoms with van der Waals surface area (Å²) in [5.41, 5.74) is 0. The third-order valence-corrected chi connectivity index (χ3v) is 23.6. The van der Waals surface area contributed by atoms with E-state index in [9.17, 15) is 59.7 Å². The van der Waals surface area contributed by atoms with E-state index < -0.39 is 111 Å². The van der Waals surface area contributed by atoms with Crippen molar-refractivity contribution in [3.05, 3.63) is 24.3 Å². The number of hydrogen-bond donors (Lipinski definition) is 11. The van der Waals surface area contributed by atoms with E-state index in [1.165, 1.54) is 289 Å². The average molecular weight is 1850 g/mol. The van der Waals surface area contributed by atoms with Crippen LogP contribution in [0.2, 0.25) is 0 Å². The summed E-state index contributed by atoms with van der Waals surface area (Å²) in [5, 5.41) is 102. The summed E-state index contributed by atoms with van der Waals surface area (Å²) in [4.78, 5) is 59.1. The van der Waals surface area contributed by atoms with Gasteiger partial charge in [0, 0.05) is 25.7 Å². The largest absolute Gasteiger partial charge is 0.464 e. The molecule has 0 amide bonds. The molecule has 129 heavy (non-hydrogen) atoms. The van der Waals surface area contributed by atoms with Gasteiger partial charge in [-0.2, -0.15) is 0 Å². The van der Waals surface area contributed by atoms with Crippen molar-refractivity contribution in [1.29, 1.82) is 0 Å². The van der Waals surface area contributed by atoms with E-state index >= 15 is 0 Å². The Hall–Kier alpha value is -3.73. The zero-order chi connectivity index (χ0) is 95.7. The van der Waals surface area contributed by atoms with Crippen LogP contribution >= 0.6 is 0 Å². The highest BCUT2D eigenvalue weighted by atomic mass is 16.6. The van der Waals surface area contributed by atoms with Gasteiger partial charge in [0.2, 0.25) is 0 Å². The third kappa shape index (κ3) is 89.3. The highest BCUT2D eigenvalue weighted by molar-refractivity contribution is 5.73. The molecule has 0 spiro atoms. The van der Waals surface area contributed by atoms with Gasteiger partial charge in [-0.1, -0.05) is 380 Å². The molecule has 2 saturated heterocycles. The van der Waals surface area contributed by atoms with Gasteiger partial charge < -0.3 is 94.1 Å². The highest BCUT2D eigenvalue weighted by Gasteiger charge is 2.43. The molecular formula is C105H202O24. The van der Waals surface area contributed by atoms with Gasteiger partial charge in [-0.3, -0.25) is 19.2 Å². The second-order valence-electron chi connectivity index (χ2n) is 36.2. The Labute approximate surface area is 786 Å². The molecule has 2 rings (SSSR count). The fraction of sp³-hybridized carbons (Fsp3) is 0.914. The van der Waals surface area contributed by atoms with E-state index in [1.54, 1.807) is 0 Å². The number of unbranched alkanes of at least 4 members (excludes halogenated alkanes) is 54. The Balaban J connectivity index is -0.00000162. The van der Waals surface area contributed by atoms with Crippen LogP contribution in [0.5, 0.6) is 0 Å². The molecule has 4 unspecified atom stereocenters. The molecule has 0 saturated carbocycles. The Bertz CT molecular complexity index is 2420. The van der Waals surface area contributed by atoms with Crippen molar-refractivity contribution >= 4 is 29.8 Å². The number of carbonyl (C=O) groups is 5. The lowest BCUT2D eigenvalue weighted by molar-refractivity contribution is -0.163. The molecule has 2 aliphatic heterocycles. The minimum atomic E-state index is -1.14. The molecule has 0 aliphatic carbocycles. The SMILES string of the molecule is CCCCCCCC/C=C\CCCCCCCC(=O)OCC(COC(=O)CCCCCCCCCCC)OCC(O)CO.CCCCCCCC/C=C\CCCCCCCC(=O)O[C@H](CO)[C@H]1OC[C@H](O)[C@H]1O.CCCCCCCCCCC(O)CO.CCCCCCCCCCCC(=O)O[C@H](CO)[C@H]1OC[C@H](O)[C@H]1O.CCCCCCCCCCCCOC(=O)C(C)O. The third-order valence-electron chi connectivity index (χ3n) is 23.6. The predicted molar refractivity (Wildman–Crippen MR) is 520 cm³/mol. The number of aliphatic hydroxyl groups is 11. The topological polar surface area (TPSA) is 382 Å². The van der Waals surface area contributed by atoms with E-state index in [0.717, 1.165) is 122 Å². The lowest BCUT2D eigenvalue weighted by atomic mass is 10.1. The molecule has 0 radical (unpaired) electrons. The van der Waals surface area contributed by atoms with Crippen LogP contribution in [0, 0.1) is 0 Å². The van der Waals surface area contributed by atoms with Crippen LogP contribution in [0.3, 0.4) is 0 Å². The highest BCUT2D eigenvalue weighted by Crippen LogP contribution is 2.24. The molecule has 0 aromatic rings. The van der Waals surface area contributed by atoms with Crippen molar-refractivity contribution < 1.29 is 118 Å². The van der Waals surface area contributed by atoms with E-state index in [2.05, 4.69) is 65.8 Å². The Kier molecular flexibility index (Phi) is 102. The fourth-order valence-corrected chi connectivity index (χ4v) is 15.1. The molecule has 24 nitrogen and oxygen atoms in total.